The van der Waals surface area contributed by atoms with Gasteiger partial charge in [-0.25, -0.2) is 4.79 Å². The molecule has 0 atom stereocenters. The van der Waals surface area contributed by atoms with Crippen LogP contribution >= 0.6 is 11.8 Å². The fraction of sp³-hybridized carbons (Fsp3) is 0.500. The SMILES string of the molecule is CCSC1=CCOC1=O. The standard InChI is InChI=1S/C6H8O2S/c1-2-9-5-3-4-8-6(5)7/h3H,2,4H2,1H3. The maximum absolute atomic E-state index is 10.7. The summed E-state index contributed by atoms with van der Waals surface area (Å²) in [7, 11) is 0. The van der Waals surface area contributed by atoms with E-state index in [1.807, 2.05) is 13.0 Å². The number of hydrogen-bond donors (Lipinski definition) is 0. The molecule has 0 spiro atoms. The Morgan fingerprint density at radius 3 is 3.11 bits per heavy atom. The van der Waals surface area contributed by atoms with Crippen molar-refractivity contribution in [1.29, 1.82) is 0 Å². The molecule has 0 aromatic rings. The lowest BCUT2D eigenvalue weighted by Crippen LogP contribution is -1.95. The summed E-state index contributed by atoms with van der Waals surface area (Å²) < 4.78 is 4.67. The van der Waals surface area contributed by atoms with Crippen molar-refractivity contribution in [3.05, 3.63) is 11.0 Å². The third-order valence-corrected chi connectivity index (χ3v) is 1.92. The summed E-state index contributed by atoms with van der Waals surface area (Å²) >= 11 is 1.53. The largest absolute Gasteiger partial charge is 0.457 e. The van der Waals surface area contributed by atoms with Crippen molar-refractivity contribution in [2.24, 2.45) is 0 Å². The van der Waals surface area contributed by atoms with E-state index in [0.29, 0.717) is 6.61 Å². The van der Waals surface area contributed by atoms with E-state index in [1.54, 1.807) is 0 Å². The molecule has 1 heterocycles. The van der Waals surface area contributed by atoms with Crippen LogP contribution in [0.15, 0.2) is 11.0 Å². The number of carbonyl (C=O) groups excluding carboxylic acids is 1. The lowest BCUT2D eigenvalue weighted by Gasteiger charge is -1.92. The lowest BCUT2D eigenvalue weighted by molar-refractivity contribution is -0.135. The second kappa shape index (κ2) is 2.92. The molecule has 0 aliphatic carbocycles. The maximum atomic E-state index is 10.7. The van der Waals surface area contributed by atoms with Crippen LogP contribution in [0.5, 0.6) is 0 Å². The Labute approximate surface area is 58.3 Å². The average molecular weight is 144 g/mol. The van der Waals surface area contributed by atoms with Crippen LogP contribution in [0.2, 0.25) is 0 Å². The zero-order chi connectivity index (χ0) is 6.69. The summed E-state index contributed by atoms with van der Waals surface area (Å²) in [4.78, 5) is 11.4. The van der Waals surface area contributed by atoms with E-state index < -0.39 is 0 Å². The number of thioether (sulfide) groups is 1. The predicted molar refractivity (Wildman–Crippen MR) is 37.2 cm³/mol. The van der Waals surface area contributed by atoms with Gasteiger partial charge in [0.15, 0.2) is 0 Å². The molecule has 0 aromatic carbocycles. The van der Waals surface area contributed by atoms with Crippen LogP contribution in [0, 0.1) is 0 Å². The van der Waals surface area contributed by atoms with Crippen molar-refractivity contribution in [1.82, 2.24) is 0 Å². The molecule has 0 fully saturated rings. The van der Waals surface area contributed by atoms with Crippen molar-refractivity contribution in [3.8, 4) is 0 Å². The fourth-order valence-corrected chi connectivity index (χ4v) is 1.29. The van der Waals surface area contributed by atoms with Crippen LogP contribution in [0.25, 0.3) is 0 Å². The molecule has 1 rings (SSSR count). The third-order valence-electron chi connectivity index (χ3n) is 0.984. The summed E-state index contributed by atoms with van der Waals surface area (Å²) in [6.45, 7) is 2.47. The average Bonchev–Trinajstić information content (AvgIpc) is 2.18. The molecule has 3 heteroatoms. The summed E-state index contributed by atoms with van der Waals surface area (Å²) in [5.41, 5.74) is 0. The fourth-order valence-electron chi connectivity index (χ4n) is 0.621. The van der Waals surface area contributed by atoms with Gasteiger partial charge in [0.25, 0.3) is 0 Å². The van der Waals surface area contributed by atoms with Crippen LogP contribution < -0.4 is 0 Å². The number of ether oxygens (including phenoxy) is 1. The first-order valence-corrected chi connectivity index (χ1v) is 3.83. The van der Waals surface area contributed by atoms with Gasteiger partial charge in [0, 0.05) is 0 Å². The van der Waals surface area contributed by atoms with Crippen molar-refractivity contribution in [2.75, 3.05) is 12.4 Å². The molecular weight excluding hydrogens is 136 g/mol. The number of carbonyl (C=O) groups is 1. The molecule has 0 aromatic heterocycles. The second-order valence-corrected chi connectivity index (χ2v) is 2.91. The van der Waals surface area contributed by atoms with Crippen LogP contribution in [0.1, 0.15) is 6.92 Å². The highest BCUT2D eigenvalue weighted by Gasteiger charge is 2.15. The van der Waals surface area contributed by atoms with E-state index in [2.05, 4.69) is 4.74 Å². The highest BCUT2D eigenvalue weighted by Crippen LogP contribution is 2.20. The van der Waals surface area contributed by atoms with Crippen LogP contribution in [-0.2, 0) is 9.53 Å². The maximum Gasteiger partial charge on any atom is 0.344 e. The molecule has 1 aliphatic rings. The second-order valence-electron chi connectivity index (χ2n) is 1.60. The Kier molecular flexibility index (Phi) is 2.16. The number of rotatable bonds is 2. The molecule has 50 valence electrons. The van der Waals surface area contributed by atoms with Gasteiger partial charge in [0.1, 0.15) is 6.61 Å². The summed E-state index contributed by atoms with van der Waals surface area (Å²) in [6.07, 6.45) is 1.82. The van der Waals surface area contributed by atoms with E-state index >= 15 is 0 Å². The normalized spacial score (nSPS) is 17.4. The first-order chi connectivity index (χ1) is 4.34. The number of cyclic esters (lactones) is 1. The zero-order valence-corrected chi connectivity index (χ0v) is 6.03. The molecule has 0 amide bonds. The molecule has 0 radical (unpaired) electrons. The highest BCUT2D eigenvalue weighted by atomic mass is 32.2. The molecule has 0 unspecified atom stereocenters. The molecule has 0 bridgehead atoms. The summed E-state index contributed by atoms with van der Waals surface area (Å²) in [6, 6.07) is 0. The Balaban J connectivity index is 2.47. The van der Waals surface area contributed by atoms with Gasteiger partial charge in [-0.05, 0) is 11.8 Å². The summed E-state index contributed by atoms with van der Waals surface area (Å²) in [5, 5.41) is 0. The van der Waals surface area contributed by atoms with E-state index in [4.69, 9.17) is 0 Å². The van der Waals surface area contributed by atoms with E-state index in [-0.39, 0.29) is 5.97 Å². The Hall–Kier alpha value is -0.440. The van der Waals surface area contributed by atoms with Gasteiger partial charge in [-0.3, -0.25) is 0 Å². The van der Waals surface area contributed by atoms with Crippen LogP contribution in [0.4, 0.5) is 0 Å². The molecule has 0 saturated heterocycles. The monoisotopic (exact) mass is 144 g/mol. The number of hydrogen-bond acceptors (Lipinski definition) is 3. The zero-order valence-electron chi connectivity index (χ0n) is 5.22. The molecule has 9 heavy (non-hydrogen) atoms. The van der Waals surface area contributed by atoms with Crippen molar-refractivity contribution >= 4 is 17.7 Å². The first-order valence-electron chi connectivity index (χ1n) is 2.84. The van der Waals surface area contributed by atoms with E-state index in [1.165, 1.54) is 11.8 Å². The van der Waals surface area contributed by atoms with Gasteiger partial charge in [0.05, 0.1) is 4.91 Å². The first kappa shape index (κ1) is 6.68. The van der Waals surface area contributed by atoms with Gasteiger partial charge in [0.2, 0.25) is 0 Å². The lowest BCUT2D eigenvalue weighted by atomic mass is 10.6. The Bertz CT molecular complexity index is 151. The van der Waals surface area contributed by atoms with Gasteiger partial charge < -0.3 is 4.74 Å². The molecule has 2 nitrogen and oxygen atoms in total. The van der Waals surface area contributed by atoms with Crippen LogP contribution in [-0.4, -0.2) is 18.3 Å². The van der Waals surface area contributed by atoms with Crippen LogP contribution in [0.3, 0.4) is 0 Å². The van der Waals surface area contributed by atoms with Gasteiger partial charge in [-0.1, -0.05) is 6.92 Å². The molecule has 0 saturated carbocycles. The van der Waals surface area contributed by atoms with E-state index in [0.717, 1.165) is 10.7 Å². The predicted octanol–water partition coefficient (Wildman–Crippen LogP) is 1.18. The molecule has 1 aliphatic heterocycles. The van der Waals surface area contributed by atoms with Crippen molar-refractivity contribution < 1.29 is 9.53 Å². The minimum atomic E-state index is -0.165. The smallest absolute Gasteiger partial charge is 0.344 e. The molecular formula is C6H8O2S. The Morgan fingerprint density at radius 2 is 2.67 bits per heavy atom. The minimum absolute atomic E-state index is 0.165. The topological polar surface area (TPSA) is 26.3 Å². The molecule has 0 N–H and O–H groups in total. The van der Waals surface area contributed by atoms with Gasteiger partial charge in [-0.15, -0.1) is 11.8 Å². The van der Waals surface area contributed by atoms with Gasteiger partial charge in [-0.2, -0.15) is 0 Å². The quantitative estimate of drug-likeness (QED) is 0.544. The van der Waals surface area contributed by atoms with E-state index in [9.17, 15) is 4.79 Å². The Morgan fingerprint density at radius 1 is 1.89 bits per heavy atom. The van der Waals surface area contributed by atoms with Crippen molar-refractivity contribution in [3.63, 3.8) is 0 Å². The minimum Gasteiger partial charge on any atom is -0.457 e. The van der Waals surface area contributed by atoms with Gasteiger partial charge >= 0.3 is 5.97 Å². The number of esters is 1. The third kappa shape index (κ3) is 1.48. The summed E-state index contributed by atoms with van der Waals surface area (Å²) in [5.74, 6) is 0.767. The highest BCUT2D eigenvalue weighted by molar-refractivity contribution is 8.03. The van der Waals surface area contributed by atoms with Crippen molar-refractivity contribution in [2.45, 2.75) is 6.92 Å².